The lowest BCUT2D eigenvalue weighted by molar-refractivity contribution is -0.121. The summed E-state index contributed by atoms with van der Waals surface area (Å²) in [5.74, 6) is 1.49. The van der Waals surface area contributed by atoms with E-state index in [1.54, 1.807) is 14.2 Å². The summed E-state index contributed by atoms with van der Waals surface area (Å²) in [4.78, 5) is 14.3. The molecule has 0 radical (unpaired) electrons. The predicted octanol–water partition coefficient (Wildman–Crippen LogP) is 1.47. The first-order valence-electron chi connectivity index (χ1n) is 8.50. The van der Waals surface area contributed by atoms with Crippen LogP contribution < -0.4 is 14.8 Å². The summed E-state index contributed by atoms with van der Waals surface area (Å²) < 4.78 is 15.8. The number of aryl methyl sites for hydroxylation is 1. The summed E-state index contributed by atoms with van der Waals surface area (Å²) in [5.41, 5.74) is 1.07. The maximum atomic E-state index is 11.9. The third-order valence-corrected chi connectivity index (χ3v) is 4.17. The van der Waals surface area contributed by atoms with Gasteiger partial charge < -0.3 is 19.5 Å². The highest BCUT2D eigenvalue weighted by atomic mass is 16.5. The topological polar surface area (TPSA) is 60.0 Å². The molecule has 1 saturated heterocycles. The first-order chi connectivity index (χ1) is 11.7. The molecule has 0 atom stereocenters. The van der Waals surface area contributed by atoms with Crippen LogP contribution in [0.4, 0.5) is 0 Å². The van der Waals surface area contributed by atoms with Crippen molar-refractivity contribution in [1.29, 1.82) is 0 Å². The minimum atomic E-state index is 0.0896. The molecule has 134 valence electrons. The largest absolute Gasteiger partial charge is 0.493 e. The molecule has 1 fully saturated rings. The second-order valence-electron chi connectivity index (χ2n) is 5.85. The Morgan fingerprint density at radius 2 is 1.96 bits per heavy atom. The molecule has 0 aliphatic carbocycles. The number of hydrogen-bond donors (Lipinski definition) is 1. The smallest absolute Gasteiger partial charge is 0.220 e. The number of methoxy groups -OCH3 is 2. The lowest BCUT2D eigenvalue weighted by atomic mass is 10.1. The number of amides is 1. The van der Waals surface area contributed by atoms with E-state index in [1.807, 2.05) is 18.2 Å². The van der Waals surface area contributed by atoms with Gasteiger partial charge in [-0.3, -0.25) is 9.69 Å². The van der Waals surface area contributed by atoms with E-state index in [9.17, 15) is 4.79 Å². The average molecular weight is 336 g/mol. The predicted molar refractivity (Wildman–Crippen MR) is 92.8 cm³/mol. The number of nitrogens with zero attached hydrogens (tertiary/aromatic N) is 1. The number of rotatable bonds is 9. The molecule has 1 amide bonds. The quantitative estimate of drug-likeness (QED) is 0.692. The van der Waals surface area contributed by atoms with Crippen molar-refractivity contribution in [3.8, 4) is 11.5 Å². The summed E-state index contributed by atoms with van der Waals surface area (Å²) in [7, 11) is 3.23. The van der Waals surface area contributed by atoms with Gasteiger partial charge in [0.25, 0.3) is 0 Å². The zero-order valence-electron chi connectivity index (χ0n) is 14.7. The van der Waals surface area contributed by atoms with Gasteiger partial charge in [0.05, 0.1) is 27.4 Å². The number of benzene rings is 1. The minimum absolute atomic E-state index is 0.0896. The molecule has 0 aromatic heterocycles. The monoisotopic (exact) mass is 336 g/mol. The van der Waals surface area contributed by atoms with Crippen molar-refractivity contribution in [2.24, 2.45) is 0 Å². The van der Waals surface area contributed by atoms with E-state index < -0.39 is 0 Å². The number of morpholine rings is 1. The molecule has 0 bridgehead atoms. The Bertz CT molecular complexity index is 516. The molecule has 24 heavy (non-hydrogen) atoms. The standard InChI is InChI=1S/C18H28N2O4/c1-22-16-6-4-15(14-17(16)23-2)5-7-18(21)19-8-3-9-20-10-12-24-13-11-20/h4,6,14H,3,5,7-13H2,1-2H3,(H,19,21). The Morgan fingerprint density at radius 3 is 2.67 bits per heavy atom. The van der Waals surface area contributed by atoms with Crippen LogP contribution >= 0.6 is 0 Å². The molecule has 1 N–H and O–H groups in total. The van der Waals surface area contributed by atoms with Crippen molar-refractivity contribution >= 4 is 5.91 Å². The Balaban J connectivity index is 1.63. The molecule has 1 aromatic carbocycles. The van der Waals surface area contributed by atoms with Crippen molar-refractivity contribution < 1.29 is 19.0 Å². The summed E-state index contributed by atoms with van der Waals surface area (Å²) in [6.07, 6.45) is 2.14. The van der Waals surface area contributed by atoms with Crippen LogP contribution in [-0.4, -0.2) is 64.4 Å². The Labute approximate surface area is 144 Å². The lowest BCUT2D eigenvalue weighted by Gasteiger charge is -2.26. The maximum Gasteiger partial charge on any atom is 0.220 e. The van der Waals surface area contributed by atoms with Gasteiger partial charge in [0.15, 0.2) is 11.5 Å². The molecule has 0 spiro atoms. The fraction of sp³-hybridized carbons (Fsp3) is 0.611. The van der Waals surface area contributed by atoms with E-state index in [0.717, 1.165) is 51.4 Å². The highest BCUT2D eigenvalue weighted by Gasteiger charge is 2.10. The first-order valence-corrected chi connectivity index (χ1v) is 8.50. The second kappa shape index (κ2) is 10.2. The van der Waals surface area contributed by atoms with E-state index in [1.165, 1.54) is 0 Å². The third-order valence-electron chi connectivity index (χ3n) is 4.17. The van der Waals surface area contributed by atoms with E-state index >= 15 is 0 Å². The molecule has 0 unspecified atom stereocenters. The summed E-state index contributed by atoms with van der Waals surface area (Å²) in [6.45, 7) is 5.36. The molecule has 1 aliphatic rings. The zero-order valence-corrected chi connectivity index (χ0v) is 14.7. The number of carbonyl (C=O) groups excluding carboxylic acids is 1. The van der Waals surface area contributed by atoms with Crippen LogP contribution in [0.3, 0.4) is 0 Å². The minimum Gasteiger partial charge on any atom is -0.493 e. The van der Waals surface area contributed by atoms with Gasteiger partial charge in [-0.05, 0) is 37.1 Å². The van der Waals surface area contributed by atoms with Crippen LogP contribution in [0.1, 0.15) is 18.4 Å². The third kappa shape index (κ3) is 6.02. The molecular formula is C18H28N2O4. The van der Waals surface area contributed by atoms with Crippen LogP contribution in [0.5, 0.6) is 11.5 Å². The molecule has 1 aliphatic heterocycles. The second-order valence-corrected chi connectivity index (χ2v) is 5.85. The van der Waals surface area contributed by atoms with Crippen LogP contribution in [0, 0.1) is 0 Å². The average Bonchev–Trinajstić information content (AvgIpc) is 2.64. The van der Waals surface area contributed by atoms with E-state index in [-0.39, 0.29) is 5.91 Å². The lowest BCUT2D eigenvalue weighted by Crippen LogP contribution is -2.38. The zero-order chi connectivity index (χ0) is 17.2. The Hall–Kier alpha value is -1.79. The van der Waals surface area contributed by atoms with Gasteiger partial charge in [-0.25, -0.2) is 0 Å². The van der Waals surface area contributed by atoms with Gasteiger partial charge in [-0.2, -0.15) is 0 Å². The van der Waals surface area contributed by atoms with Gasteiger partial charge in [-0.1, -0.05) is 6.07 Å². The number of hydrogen-bond acceptors (Lipinski definition) is 5. The van der Waals surface area contributed by atoms with Gasteiger partial charge in [0.2, 0.25) is 5.91 Å². The van der Waals surface area contributed by atoms with Gasteiger partial charge >= 0.3 is 0 Å². The first kappa shape index (κ1) is 18.5. The molecule has 1 heterocycles. The van der Waals surface area contributed by atoms with Crippen LogP contribution in [0.2, 0.25) is 0 Å². The summed E-state index contributed by atoms with van der Waals surface area (Å²) in [6, 6.07) is 5.76. The molecule has 2 rings (SSSR count). The fourth-order valence-electron chi connectivity index (χ4n) is 2.74. The van der Waals surface area contributed by atoms with Gasteiger partial charge in [0, 0.05) is 26.1 Å². The van der Waals surface area contributed by atoms with E-state index in [4.69, 9.17) is 14.2 Å². The molecule has 1 aromatic rings. The highest BCUT2D eigenvalue weighted by molar-refractivity contribution is 5.76. The Kier molecular flexibility index (Phi) is 7.85. The van der Waals surface area contributed by atoms with Crippen LogP contribution in [0.25, 0.3) is 0 Å². The summed E-state index contributed by atoms with van der Waals surface area (Å²) in [5, 5.41) is 2.99. The van der Waals surface area contributed by atoms with Gasteiger partial charge in [0.1, 0.15) is 0 Å². The van der Waals surface area contributed by atoms with Crippen molar-refractivity contribution in [2.45, 2.75) is 19.3 Å². The SMILES string of the molecule is COc1ccc(CCC(=O)NCCCN2CCOCC2)cc1OC. The van der Waals surface area contributed by atoms with Gasteiger partial charge in [-0.15, -0.1) is 0 Å². The normalized spacial score (nSPS) is 15.1. The van der Waals surface area contributed by atoms with Crippen molar-refractivity contribution in [3.05, 3.63) is 23.8 Å². The van der Waals surface area contributed by atoms with Crippen LogP contribution in [-0.2, 0) is 16.0 Å². The van der Waals surface area contributed by atoms with E-state index in [2.05, 4.69) is 10.2 Å². The number of nitrogens with one attached hydrogen (secondary N) is 1. The number of ether oxygens (including phenoxy) is 3. The van der Waals surface area contributed by atoms with E-state index in [0.29, 0.717) is 24.3 Å². The van der Waals surface area contributed by atoms with Crippen molar-refractivity contribution in [2.75, 3.05) is 53.6 Å². The van der Waals surface area contributed by atoms with Crippen molar-refractivity contribution in [3.63, 3.8) is 0 Å². The highest BCUT2D eigenvalue weighted by Crippen LogP contribution is 2.27. The maximum absolute atomic E-state index is 11.9. The van der Waals surface area contributed by atoms with Crippen LogP contribution in [0.15, 0.2) is 18.2 Å². The molecule has 6 nitrogen and oxygen atoms in total. The fourth-order valence-corrected chi connectivity index (χ4v) is 2.74. The molecule has 6 heteroatoms. The summed E-state index contributed by atoms with van der Waals surface area (Å²) >= 11 is 0. The molecule has 0 saturated carbocycles. The number of carbonyl (C=O) groups is 1. The van der Waals surface area contributed by atoms with Crippen molar-refractivity contribution in [1.82, 2.24) is 10.2 Å². The molecular weight excluding hydrogens is 308 g/mol. The Morgan fingerprint density at radius 1 is 1.21 bits per heavy atom.